The van der Waals surface area contributed by atoms with Gasteiger partial charge in [0.15, 0.2) is 5.76 Å². The van der Waals surface area contributed by atoms with Gasteiger partial charge in [0.2, 0.25) is 5.91 Å². The van der Waals surface area contributed by atoms with E-state index in [1.807, 2.05) is 0 Å². The van der Waals surface area contributed by atoms with Gasteiger partial charge >= 0.3 is 0 Å². The molecule has 4 heteroatoms. The van der Waals surface area contributed by atoms with Crippen LogP contribution in [-0.2, 0) is 11.3 Å². The molecule has 1 aromatic heterocycles. The molecule has 1 saturated carbocycles. The van der Waals surface area contributed by atoms with Gasteiger partial charge < -0.3 is 9.84 Å². The molecule has 1 amide bonds. The fourth-order valence-electron chi connectivity index (χ4n) is 2.47. The van der Waals surface area contributed by atoms with Crippen LogP contribution in [0, 0.1) is 17.3 Å². The van der Waals surface area contributed by atoms with Crippen LogP contribution in [0.2, 0.25) is 0 Å². The molecule has 0 bridgehead atoms. The Balaban J connectivity index is 1.92. The number of hydrogen-bond donors (Lipinski definition) is 1. The second-order valence-corrected chi connectivity index (χ2v) is 5.77. The first-order chi connectivity index (χ1) is 8.43. The zero-order chi connectivity index (χ0) is 13.3. The molecule has 1 aromatic rings. The van der Waals surface area contributed by atoms with Gasteiger partial charge in [-0.15, -0.1) is 0 Å². The third kappa shape index (κ3) is 2.47. The number of carbonyl (C=O) groups is 1. The zero-order valence-electron chi connectivity index (χ0n) is 11.4. The Bertz CT molecular complexity index is 456. The number of amides is 1. The number of hydrogen-bond acceptors (Lipinski definition) is 3. The molecule has 0 spiro atoms. The Morgan fingerprint density at radius 2 is 2.28 bits per heavy atom. The number of carbonyl (C=O) groups excluding carboxylic acids is 1. The fourth-order valence-corrected chi connectivity index (χ4v) is 2.47. The van der Waals surface area contributed by atoms with Crippen molar-refractivity contribution in [2.24, 2.45) is 17.3 Å². The Hall–Kier alpha value is -1.58. The van der Waals surface area contributed by atoms with E-state index in [2.05, 4.69) is 44.2 Å². The molecule has 0 radical (unpaired) electrons. The van der Waals surface area contributed by atoms with Crippen LogP contribution in [-0.4, -0.2) is 11.1 Å². The molecule has 0 saturated heterocycles. The molecule has 0 aromatic carbocycles. The van der Waals surface area contributed by atoms with Gasteiger partial charge in [0.1, 0.15) is 0 Å². The van der Waals surface area contributed by atoms with Crippen molar-refractivity contribution in [1.82, 2.24) is 10.5 Å². The lowest BCUT2D eigenvalue weighted by Crippen LogP contribution is -2.26. The highest BCUT2D eigenvalue weighted by Gasteiger charge is 2.60. The van der Waals surface area contributed by atoms with Crippen molar-refractivity contribution in [2.45, 2.75) is 34.2 Å². The summed E-state index contributed by atoms with van der Waals surface area (Å²) in [5.41, 5.74) is 1.32. The van der Waals surface area contributed by atoms with Crippen LogP contribution in [0.3, 0.4) is 0 Å². The SMILES string of the molecule is CC(C)=C[C@H]1[C@@H](C(=O)NCc2ccno2)C1(C)C. The summed E-state index contributed by atoms with van der Waals surface area (Å²) in [5.74, 6) is 1.19. The largest absolute Gasteiger partial charge is 0.360 e. The Morgan fingerprint density at radius 1 is 1.56 bits per heavy atom. The molecule has 98 valence electrons. The lowest BCUT2D eigenvalue weighted by molar-refractivity contribution is -0.123. The van der Waals surface area contributed by atoms with E-state index < -0.39 is 0 Å². The minimum atomic E-state index is 0.0583. The normalized spacial score (nSPS) is 24.4. The predicted molar refractivity (Wildman–Crippen MR) is 68.5 cm³/mol. The van der Waals surface area contributed by atoms with Crippen molar-refractivity contribution < 1.29 is 9.32 Å². The molecule has 1 heterocycles. The maximum Gasteiger partial charge on any atom is 0.224 e. The van der Waals surface area contributed by atoms with Gasteiger partial charge in [0, 0.05) is 6.07 Å². The van der Waals surface area contributed by atoms with Crippen molar-refractivity contribution in [3.8, 4) is 0 Å². The van der Waals surface area contributed by atoms with E-state index in [0.717, 1.165) is 0 Å². The topological polar surface area (TPSA) is 55.1 Å². The maximum atomic E-state index is 12.1. The molecular formula is C14H20N2O2. The first-order valence-corrected chi connectivity index (χ1v) is 6.25. The second kappa shape index (κ2) is 4.59. The smallest absolute Gasteiger partial charge is 0.224 e. The van der Waals surface area contributed by atoms with Crippen molar-refractivity contribution in [3.63, 3.8) is 0 Å². The molecule has 2 atom stereocenters. The summed E-state index contributed by atoms with van der Waals surface area (Å²) in [4.78, 5) is 12.1. The number of nitrogens with one attached hydrogen (secondary N) is 1. The van der Waals surface area contributed by atoms with Gasteiger partial charge in [-0.25, -0.2) is 0 Å². The minimum Gasteiger partial charge on any atom is -0.360 e. The van der Waals surface area contributed by atoms with Gasteiger partial charge in [-0.2, -0.15) is 0 Å². The molecule has 1 N–H and O–H groups in total. The van der Waals surface area contributed by atoms with Crippen LogP contribution in [0.25, 0.3) is 0 Å². The van der Waals surface area contributed by atoms with E-state index in [-0.39, 0.29) is 17.2 Å². The van der Waals surface area contributed by atoms with E-state index in [1.165, 1.54) is 5.57 Å². The molecular weight excluding hydrogens is 228 g/mol. The van der Waals surface area contributed by atoms with Gasteiger partial charge in [0.25, 0.3) is 0 Å². The summed E-state index contributed by atoms with van der Waals surface area (Å²) in [7, 11) is 0. The highest BCUT2D eigenvalue weighted by molar-refractivity contribution is 5.83. The number of rotatable bonds is 4. The molecule has 1 aliphatic rings. The van der Waals surface area contributed by atoms with E-state index in [0.29, 0.717) is 18.2 Å². The van der Waals surface area contributed by atoms with Crippen LogP contribution < -0.4 is 5.32 Å². The van der Waals surface area contributed by atoms with Crippen LogP contribution in [0.5, 0.6) is 0 Å². The van der Waals surface area contributed by atoms with Crippen molar-refractivity contribution >= 4 is 5.91 Å². The summed E-state index contributed by atoms with van der Waals surface area (Å²) < 4.78 is 4.95. The monoisotopic (exact) mass is 248 g/mol. The Morgan fingerprint density at radius 3 is 2.83 bits per heavy atom. The predicted octanol–water partition coefficient (Wildman–Crippen LogP) is 2.53. The summed E-state index contributed by atoms with van der Waals surface area (Å²) >= 11 is 0. The molecule has 1 aliphatic carbocycles. The highest BCUT2D eigenvalue weighted by atomic mass is 16.5. The quantitative estimate of drug-likeness (QED) is 0.833. The fraction of sp³-hybridized carbons (Fsp3) is 0.571. The first-order valence-electron chi connectivity index (χ1n) is 6.25. The van der Waals surface area contributed by atoms with Crippen LogP contribution >= 0.6 is 0 Å². The molecule has 4 nitrogen and oxygen atoms in total. The molecule has 18 heavy (non-hydrogen) atoms. The molecule has 2 rings (SSSR count). The van der Waals surface area contributed by atoms with Crippen LogP contribution in [0.15, 0.2) is 28.4 Å². The lowest BCUT2D eigenvalue weighted by atomic mass is 10.1. The molecule has 0 unspecified atom stereocenters. The van der Waals surface area contributed by atoms with Crippen molar-refractivity contribution in [1.29, 1.82) is 0 Å². The summed E-state index contributed by atoms with van der Waals surface area (Å²) in [6.07, 6.45) is 3.77. The zero-order valence-corrected chi connectivity index (χ0v) is 11.4. The van der Waals surface area contributed by atoms with E-state index in [1.54, 1.807) is 12.3 Å². The standard InChI is InChI=1S/C14H20N2O2/c1-9(2)7-11-12(14(11,3)4)13(17)15-8-10-5-6-16-18-10/h5-7,11-12H,8H2,1-4H3,(H,15,17)/t11-,12-/m0/s1. The number of allylic oxidation sites excluding steroid dienone is 2. The van der Waals surface area contributed by atoms with Gasteiger partial charge in [-0.1, -0.05) is 30.7 Å². The first kappa shape index (κ1) is 12.9. The third-order valence-corrected chi connectivity index (χ3v) is 3.63. The van der Waals surface area contributed by atoms with Crippen molar-refractivity contribution in [3.05, 3.63) is 29.7 Å². The van der Waals surface area contributed by atoms with Gasteiger partial charge in [0.05, 0.1) is 18.7 Å². The highest BCUT2D eigenvalue weighted by Crippen LogP contribution is 2.59. The summed E-state index contributed by atoms with van der Waals surface area (Å²) in [6, 6.07) is 1.76. The summed E-state index contributed by atoms with van der Waals surface area (Å²) in [6.45, 7) is 8.81. The van der Waals surface area contributed by atoms with Crippen LogP contribution in [0.1, 0.15) is 33.5 Å². The number of aromatic nitrogens is 1. The molecule has 1 fully saturated rings. The van der Waals surface area contributed by atoms with Crippen LogP contribution in [0.4, 0.5) is 0 Å². The van der Waals surface area contributed by atoms with Crippen molar-refractivity contribution in [2.75, 3.05) is 0 Å². The minimum absolute atomic E-state index is 0.0583. The van der Waals surface area contributed by atoms with E-state index in [9.17, 15) is 4.79 Å². The number of nitrogens with zero attached hydrogens (tertiary/aromatic N) is 1. The average molecular weight is 248 g/mol. The maximum absolute atomic E-state index is 12.1. The summed E-state index contributed by atoms with van der Waals surface area (Å²) in [5, 5.41) is 6.51. The van der Waals surface area contributed by atoms with Gasteiger partial charge in [-0.05, 0) is 25.2 Å². The average Bonchev–Trinajstić information content (AvgIpc) is 2.70. The molecule has 0 aliphatic heterocycles. The lowest BCUT2D eigenvalue weighted by Gasteiger charge is -2.03. The van der Waals surface area contributed by atoms with Gasteiger partial charge in [-0.3, -0.25) is 4.79 Å². The third-order valence-electron chi connectivity index (χ3n) is 3.63. The second-order valence-electron chi connectivity index (χ2n) is 5.77. The Kier molecular flexibility index (Phi) is 3.28. The van der Waals surface area contributed by atoms with E-state index in [4.69, 9.17) is 4.52 Å². The Labute approximate surface area is 107 Å². The van der Waals surface area contributed by atoms with E-state index >= 15 is 0 Å².